The van der Waals surface area contributed by atoms with Crippen molar-refractivity contribution in [3.05, 3.63) is 47.3 Å². The minimum absolute atomic E-state index is 0.168. The molecule has 0 unspecified atom stereocenters. The first-order valence-corrected chi connectivity index (χ1v) is 5.78. The second kappa shape index (κ2) is 3.96. The van der Waals surface area contributed by atoms with E-state index in [-0.39, 0.29) is 5.82 Å². The topological polar surface area (TPSA) is 29.9 Å². The van der Waals surface area contributed by atoms with E-state index in [0.717, 1.165) is 30.9 Å². The van der Waals surface area contributed by atoms with Gasteiger partial charge in [-0.1, -0.05) is 6.07 Å². The molecule has 0 atom stereocenters. The Morgan fingerprint density at radius 3 is 3.12 bits per heavy atom. The van der Waals surface area contributed by atoms with E-state index in [1.807, 2.05) is 10.6 Å². The number of aromatic nitrogens is 2. The number of benzene rings is 1. The quantitative estimate of drug-likeness (QED) is 0.813. The smallest absolute Gasteiger partial charge is 0.128 e. The Morgan fingerprint density at radius 2 is 2.29 bits per heavy atom. The summed E-state index contributed by atoms with van der Waals surface area (Å²) >= 11 is 0. The molecular formula is C13H14FN3. The summed E-state index contributed by atoms with van der Waals surface area (Å²) in [7, 11) is 0. The van der Waals surface area contributed by atoms with E-state index in [9.17, 15) is 4.39 Å². The Labute approximate surface area is 99.3 Å². The van der Waals surface area contributed by atoms with Crippen molar-refractivity contribution < 1.29 is 4.39 Å². The highest BCUT2D eigenvalue weighted by Gasteiger charge is 2.15. The highest BCUT2D eigenvalue weighted by molar-refractivity contribution is 5.38. The Balaban J connectivity index is 2.09. The van der Waals surface area contributed by atoms with Crippen molar-refractivity contribution in [3.8, 4) is 5.69 Å². The average Bonchev–Trinajstić information content (AvgIpc) is 2.76. The molecular weight excluding hydrogens is 217 g/mol. The summed E-state index contributed by atoms with van der Waals surface area (Å²) in [5, 5.41) is 3.28. The first-order valence-electron chi connectivity index (χ1n) is 5.78. The third kappa shape index (κ3) is 1.74. The summed E-state index contributed by atoms with van der Waals surface area (Å²) in [6, 6.07) is 5.31. The molecule has 0 saturated heterocycles. The van der Waals surface area contributed by atoms with Gasteiger partial charge in [-0.3, -0.25) is 0 Å². The molecule has 4 heteroatoms. The summed E-state index contributed by atoms with van der Waals surface area (Å²) in [6.45, 7) is 3.52. The lowest BCUT2D eigenvalue weighted by Crippen LogP contribution is -2.24. The molecule has 1 N–H and O–H groups in total. The lowest BCUT2D eigenvalue weighted by atomic mass is 10.1. The zero-order valence-corrected chi connectivity index (χ0v) is 9.70. The molecule has 0 aliphatic carbocycles. The van der Waals surface area contributed by atoms with Crippen LogP contribution in [0.15, 0.2) is 24.5 Å². The van der Waals surface area contributed by atoms with E-state index in [0.29, 0.717) is 5.56 Å². The van der Waals surface area contributed by atoms with Crippen molar-refractivity contribution >= 4 is 0 Å². The van der Waals surface area contributed by atoms with E-state index in [2.05, 4.69) is 10.3 Å². The minimum Gasteiger partial charge on any atom is -0.311 e. The van der Waals surface area contributed by atoms with Crippen LogP contribution in [0.3, 0.4) is 0 Å². The van der Waals surface area contributed by atoms with Crippen molar-refractivity contribution in [2.24, 2.45) is 0 Å². The van der Waals surface area contributed by atoms with Crippen LogP contribution < -0.4 is 5.32 Å². The summed E-state index contributed by atoms with van der Waals surface area (Å²) in [4.78, 5) is 4.36. The van der Waals surface area contributed by atoms with E-state index >= 15 is 0 Å². The van der Waals surface area contributed by atoms with E-state index in [1.54, 1.807) is 25.4 Å². The number of aryl methyl sites for hydroxylation is 1. The number of nitrogens with one attached hydrogen (secondary N) is 1. The fourth-order valence-electron chi connectivity index (χ4n) is 2.19. The van der Waals surface area contributed by atoms with Gasteiger partial charge in [-0.15, -0.1) is 0 Å². The summed E-state index contributed by atoms with van der Waals surface area (Å²) < 4.78 is 15.5. The van der Waals surface area contributed by atoms with Crippen molar-refractivity contribution in [3.63, 3.8) is 0 Å². The second-order valence-corrected chi connectivity index (χ2v) is 4.37. The fourth-order valence-corrected chi connectivity index (χ4v) is 2.19. The van der Waals surface area contributed by atoms with Crippen LogP contribution in [0.5, 0.6) is 0 Å². The number of halogens is 1. The number of imidazole rings is 1. The van der Waals surface area contributed by atoms with Gasteiger partial charge in [-0.25, -0.2) is 9.37 Å². The van der Waals surface area contributed by atoms with Crippen LogP contribution in [0.2, 0.25) is 0 Å². The van der Waals surface area contributed by atoms with Gasteiger partial charge in [0, 0.05) is 30.9 Å². The molecule has 1 aliphatic rings. The standard InChI is InChI=1S/C13H14FN3/c1-9-2-3-10(6-11(9)14)17-8-16-12-7-15-5-4-13(12)17/h2-3,6,8,15H,4-5,7H2,1H3. The molecule has 3 rings (SSSR count). The van der Waals surface area contributed by atoms with Crippen LogP contribution in [-0.4, -0.2) is 16.1 Å². The van der Waals surface area contributed by atoms with E-state index in [4.69, 9.17) is 0 Å². The van der Waals surface area contributed by atoms with Crippen LogP contribution in [0, 0.1) is 12.7 Å². The Kier molecular flexibility index (Phi) is 2.44. The molecule has 88 valence electrons. The van der Waals surface area contributed by atoms with Gasteiger partial charge in [0.05, 0.1) is 12.0 Å². The molecule has 1 aromatic heterocycles. The maximum atomic E-state index is 13.6. The molecule has 3 nitrogen and oxygen atoms in total. The molecule has 1 aliphatic heterocycles. The largest absolute Gasteiger partial charge is 0.311 e. The first-order chi connectivity index (χ1) is 8.25. The Hall–Kier alpha value is -1.68. The van der Waals surface area contributed by atoms with Gasteiger partial charge in [0.25, 0.3) is 0 Å². The van der Waals surface area contributed by atoms with Crippen LogP contribution in [0.25, 0.3) is 5.69 Å². The van der Waals surface area contributed by atoms with Gasteiger partial charge >= 0.3 is 0 Å². The number of nitrogens with zero attached hydrogens (tertiary/aromatic N) is 2. The van der Waals surface area contributed by atoms with E-state index < -0.39 is 0 Å². The molecule has 1 aromatic carbocycles. The number of hydrogen-bond donors (Lipinski definition) is 1. The maximum Gasteiger partial charge on any atom is 0.128 e. The maximum absolute atomic E-state index is 13.6. The highest BCUT2D eigenvalue weighted by Crippen LogP contribution is 2.19. The van der Waals surface area contributed by atoms with Gasteiger partial charge in [0.15, 0.2) is 0 Å². The highest BCUT2D eigenvalue weighted by atomic mass is 19.1. The molecule has 0 fully saturated rings. The summed E-state index contributed by atoms with van der Waals surface area (Å²) in [5.74, 6) is -0.168. The normalized spacial score (nSPS) is 14.7. The predicted octanol–water partition coefficient (Wildman–Crippen LogP) is 1.97. The molecule has 0 amide bonds. The van der Waals surface area contributed by atoms with Crippen LogP contribution in [0.4, 0.5) is 4.39 Å². The molecule has 0 bridgehead atoms. The minimum atomic E-state index is -0.168. The van der Waals surface area contributed by atoms with Crippen LogP contribution in [0.1, 0.15) is 17.0 Å². The molecule has 2 heterocycles. The lowest BCUT2D eigenvalue weighted by Gasteiger charge is -2.15. The predicted molar refractivity (Wildman–Crippen MR) is 63.7 cm³/mol. The van der Waals surface area contributed by atoms with Gasteiger partial charge < -0.3 is 9.88 Å². The number of fused-ring (bicyclic) bond motifs is 1. The van der Waals surface area contributed by atoms with Crippen molar-refractivity contribution in [1.29, 1.82) is 0 Å². The SMILES string of the molecule is Cc1ccc(-n2cnc3c2CCNC3)cc1F. The zero-order valence-electron chi connectivity index (χ0n) is 9.70. The lowest BCUT2D eigenvalue weighted by molar-refractivity contribution is 0.611. The molecule has 0 saturated carbocycles. The molecule has 0 radical (unpaired) electrons. The zero-order chi connectivity index (χ0) is 11.8. The van der Waals surface area contributed by atoms with Crippen LogP contribution in [-0.2, 0) is 13.0 Å². The number of rotatable bonds is 1. The molecule has 2 aromatic rings. The van der Waals surface area contributed by atoms with Crippen molar-refractivity contribution in [1.82, 2.24) is 14.9 Å². The monoisotopic (exact) mass is 231 g/mol. The Bertz CT molecular complexity index is 560. The summed E-state index contributed by atoms with van der Waals surface area (Å²) in [5.41, 5.74) is 3.78. The average molecular weight is 231 g/mol. The fraction of sp³-hybridized carbons (Fsp3) is 0.308. The van der Waals surface area contributed by atoms with Gasteiger partial charge in [0.2, 0.25) is 0 Å². The first kappa shape index (κ1) is 10.5. The van der Waals surface area contributed by atoms with Crippen molar-refractivity contribution in [2.75, 3.05) is 6.54 Å². The molecule has 17 heavy (non-hydrogen) atoms. The second-order valence-electron chi connectivity index (χ2n) is 4.37. The van der Waals surface area contributed by atoms with E-state index in [1.165, 1.54) is 5.69 Å². The Morgan fingerprint density at radius 1 is 1.41 bits per heavy atom. The molecule has 0 spiro atoms. The number of hydrogen-bond acceptors (Lipinski definition) is 2. The van der Waals surface area contributed by atoms with Crippen LogP contribution >= 0.6 is 0 Å². The van der Waals surface area contributed by atoms with Crippen molar-refractivity contribution in [2.45, 2.75) is 19.9 Å². The third-order valence-corrected chi connectivity index (χ3v) is 3.22. The van der Waals surface area contributed by atoms with Gasteiger partial charge in [-0.05, 0) is 24.6 Å². The summed E-state index contributed by atoms with van der Waals surface area (Å²) in [6.07, 6.45) is 2.71. The van der Waals surface area contributed by atoms with Gasteiger partial charge in [0.1, 0.15) is 5.82 Å². The van der Waals surface area contributed by atoms with Gasteiger partial charge in [-0.2, -0.15) is 0 Å². The third-order valence-electron chi connectivity index (χ3n) is 3.22.